The van der Waals surface area contributed by atoms with Gasteiger partial charge >= 0.3 is 0 Å². The summed E-state index contributed by atoms with van der Waals surface area (Å²) in [5, 5.41) is 12.5. The number of nitrogens with zero attached hydrogens (tertiary/aromatic N) is 5. The Labute approximate surface area is 181 Å². The molecule has 2 aliphatic heterocycles. The van der Waals surface area contributed by atoms with Crippen molar-refractivity contribution in [3.05, 3.63) is 11.9 Å². The number of fused-ring (bicyclic) bond motifs is 1. The number of nitrogens with one attached hydrogen (secondary N) is 1. The standard InChI is InChI=1S/C23H40N6O/c1-27(2)14-21-15-29(26-25-21)22-9-19-12-28(11-17-5-7-24-8-6-17)13-20(19)10-23(22)30-16-18-3-4-18/h15,17-20,22-24H,3-14,16H2,1-2H3/t19-,20+,22-,23-/m1/s1. The second kappa shape index (κ2) is 9.23. The van der Waals surface area contributed by atoms with Gasteiger partial charge in [0.1, 0.15) is 0 Å². The number of hydrogen-bond acceptors (Lipinski definition) is 6. The van der Waals surface area contributed by atoms with Crippen LogP contribution in [0.2, 0.25) is 0 Å². The maximum absolute atomic E-state index is 6.53. The lowest BCUT2D eigenvalue weighted by Crippen LogP contribution is -2.38. The van der Waals surface area contributed by atoms with Crippen LogP contribution in [0.5, 0.6) is 0 Å². The van der Waals surface area contributed by atoms with Crippen LogP contribution in [0.4, 0.5) is 0 Å². The summed E-state index contributed by atoms with van der Waals surface area (Å²) in [6.07, 6.45) is 10.2. The molecule has 3 heterocycles. The minimum Gasteiger partial charge on any atom is -0.376 e. The molecule has 0 radical (unpaired) electrons. The van der Waals surface area contributed by atoms with E-state index in [9.17, 15) is 0 Å². The quantitative estimate of drug-likeness (QED) is 0.700. The van der Waals surface area contributed by atoms with Crippen LogP contribution in [0.3, 0.4) is 0 Å². The second-order valence-electron chi connectivity index (χ2n) is 10.7. The zero-order valence-corrected chi connectivity index (χ0v) is 18.9. The van der Waals surface area contributed by atoms with E-state index in [1.807, 2.05) is 0 Å². The molecular weight excluding hydrogens is 376 g/mol. The fourth-order valence-corrected chi connectivity index (χ4v) is 5.94. The van der Waals surface area contributed by atoms with Gasteiger partial charge in [-0.15, -0.1) is 5.10 Å². The molecule has 0 spiro atoms. The smallest absolute Gasteiger partial charge is 0.0967 e. The Bertz CT molecular complexity index is 683. The van der Waals surface area contributed by atoms with Gasteiger partial charge in [-0.2, -0.15) is 0 Å². The van der Waals surface area contributed by atoms with E-state index in [4.69, 9.17) is 4.74 Å². The molecule has 0 unspecified atom stereocenters. The van der Waals surface area contributed by atoms with Crippen LogP contribution < -0.4 is 5.32 Å². The number of likely N-dealkylation sites (tertiary alicyclic amines) is 1. The van der Waals surface area contributed by atoms with Crippen LogP contribution in [0, 0.1) is 23.7 Å². The topological polar surface area (TPSA) is 58.5 Å². The lowest BCUT2D eigenvalue weighted by Gasteiger charge is -2.37. The SMILES string of the molecule is CN(C)Cc1cn([C@@H]2C[C@@H]3CN(CC4CCNCC4)C[C@@H]3C[C@H]2OCC2CC2)nn1. The van der Waals surface area contributed by atoms with E-state index in [0.717, 1.165) is 42.5 Å². The second-order valence-corrected chi connectivity index (χ2v) is 10.7. The Balaban J connectivity index is 1.25. The summed E-state index contributed by atoms with van der Waals surface area (Å²) in [4.78, 5) is 4.92. The van der Waals surface area contributed by atoms with Gasteiger partial charge in [-0.25, -0.2) is 4.68 Å². The van der Waals surface area contributed by atoms with Gasteiger partial charge in [-0.3, -0.25) is 0 Å². The predicted molar refractivity (Wildman–Crippen MR) is 117 cm³/mol. The van der Waals surface area contributed by atoms with Crippen molar-refractivity contribution in [3.63, 3.8) is 0 Å². The number of hydrogen-bond donors (Lipinski definition) is 1. The molecule has 4 aliphatic rings. The summed E-state index contributed by atoms with van der Waals surface area (Å²) in [5.74, 6) is 3.26. The molecule has 0 bridgehead atoms. The summed E-state index contributed by atoms with van der Waals surface area (Å²) in [6.45, 7) is 8.02. The maximum atomic E-state index is 6.53. The number of aromatic nitrogens is 3. The highest BCUT2D eigenvalue weighted by Crippen LogP contribution is 2.43. The molecule has 30 heavy (non-hydrogen) atoms. The third-order valence-corrected chi connectivity index (χ3v) is 7.75. The summed E-state index contributed by atoms with van der Waals surface area (Å²) in [6, 6.07) is 0.340. The Morgan fingerprint density at radius 1 is 1.07 bits per heavy atom. The van der Waals surface area contributed by atoms with Crippen molar-refractivity contribution in [2.75, 3.05) is 53.4 Å². The molecule has 1 aromatic rings. The molecule has 0 amide bonds. The van der Waals surface area contributed by atoms with E-state index >= 15 is 0 Å². The van der Waals surface area contributed by atoms with Crippen molar-refractivity contribution in [2.45, 2.75) is 57.2 Å². The number of ether oxygens (including phenoxy) is 1. The Hall–Kier alpha value is -1.02. The van der Waals surface area contributed by atoms with Gasteiger partial charge in [0.25, 0.3) is 0 Å². The van der Waals surface area contributed by atoms with Crippen molar-refractivity contribution in [2.24, 2.45) is 23.7 Å². The van der Waals surface area contributed by atoms with Crippen LogP contribution in [0.1, 0.15) is 50.3 Å². The monoisotopic (exact) mass is 416 g/mol. The van der Waals surface area contributed by atoms with E-state index in [1.54, 1.807) is 0 Å². The third-order valence-electron chi connectivity index (χ3n) is 7.75. The first-order valence-corrected chi connectivity index (χ1v) is 12.2. The molecule has 168 valence electrons. The molecule has 7 nitrogen and oxygen atoms in total. The molecule has 1 N–H and O–H groups in total. The minimum atomic E-state index is 0.291. The summed E-state index contributed by atoms with van der Waals surface area (Å²) in [7, 11) is 4.17. The fourth-order valence-electron chi connectivity index (χ4n) is 5.94. The van der Waals surface area contributed by atoms with Crippen LogP contribution in [-0.4, -0.2) is 84.3 Å². The lowest BCUT2D eigenvalue weighted by atomic mass is 9.77. The van der Waals surface area contributed by atoms with Crippen molar-refractivity contribution in [1.82, 2.24) is 30.1 Å². The van der Waals surface area contributed by atoms with E-state index in [1.165, 1.54) is 71.2 Å². The van der Waals surface area contributed by atoms with Gasteiger partial charge in [-0.1, -0.05) is 5.21 Å². The molecule has 5 rings (SSSR count). The van der Waals surface area contributed by atoms with Crippen molar-refractivity contribution in [1.29, 1.82) is 0 Å². The van der Waals surface area contributed by atoms with Crippen molar-refractivity contribution >= 4 is 0 Å². The van der Waals surface area contributed by atoms with Crippen LogP contribution in [0.25, 0.3) is 0 Å². The van der Waals surface area contributed by atoms with Crippen LogP contribution in [-0.2, 0) is 11.3 Å². The van der Waals surface area contributed by atoms with Gasteiger partial charge < -0.3 is 19.9 Å². The van der Waals surface area contributed by atoms with Crippen LogP contribution in [0.15, 0.2) is 6.20 Å². The highest BCUT2D eigenvalue weighted by Gasteiger charge is 2.44. The largest absolute Gasteiger partial charge is 0.376 e. The van der Waals surface area contributed by atoms with Gasteiger partial charge in [0, 0.05) is 32.8 Å². The lowest BCUT2D eigenvalue weighted by molar-refractivity contribution is -0.0375. The third kappa shape index (κ3) is 5.06. The number of piperidine rings is 1. The van der Waals surface area contributed by atoms with Crippen molar-refractivity contribution < 1.29 is 4.74 Å². The van der Waals surface area contributed by atoms with Gasteiger partial charge in [0.2, 0.25) is 0 Å². The summed E-state index contributed by atoms with van der Waals surface area (Å²) >= 11 is 0. The minimum absolute atomic E-state index is 0.291. The normalized spacial score (nSPS) is 33.3. The first-order valence-electron chi connectivity index (χ1n) is 12.2. The van der Waals surface area contributed by atoms with E-state index in [0.29, 0.717) is 12.1 Å². The molecule has 2 aliphatic carbocycles. The molecule has 1 aromatic heterocycles. The van der Waals surface area contributed by atoms with Gasteiger partial charge in [-0.05, 0) is 89.4 Å². The Morgan fingerprint density at radius 2 is 1.83 bits per heavy atom. The first kappa shape index (κ1) is 20.9. The molecule has 0 aromatic carbocycles. The molecule has 4 fully saturated rings. The highest BCUT2D eigenvalue weighted by atomic mass is 16.5. The predicted octanol–water partition coefficient (Wildman–Crippen LogP) is 2.02. The summed E-state index contributed by atoms with van der Waals surface area (Å²) in [5.41, 5.74) is 1.06. The molecule has 7 heteroatoms. The molecular formula is C23H40N6O. The maximum Gasteiger partial charge on any atom is 0.0967 e. The first-order chi connectivity index (χ1) is 14.6. The van der Waals surface area contributed by atoms with E-state index in [2.05, 4.69) is 50.4 Å². The van der Waals surface area contributed by atoms with Gasteiger partial charge in [0.05, 0.1) is 24.0 Å². The highest BCUT2D eigenvalue weighted by molar-refractivity contribution is 4.99. The average molecular weight is 417 g/mol. The fraction of sp³-hybridized carbons (Fsp3) is 0.913. The zero-order valence-electron chi connectivity index (χ0n) is 18.9. The summed E-state index contributed by atoms with van der Waals surface area (Å²) < 4.78 is 8.67. The van der Waals surface area contributed by atoms with Crippen molar-refractivity contribution in [3.8, 4) is 0 Å². The van der Waals surface area contributed by atoms with Gasteiger partial charge in [0.15, 0.2) is 0 Å². The average Bonchev–Trinajstić information content (AvgIpc) is 3.31. The zero-order chi connectivity index (χ0) is 20.5. The molecule has 2 saturated carbocycles. The number of rotatable bonds is 8. The van der Waals surface area contributed by atoms with Crippen LogP contribution >= 0.6 is 0 Å². The van der Waals surface area contributed by atoms with E-state index < -0.39 is 0 Å². The molecule has 2 saturated heterocycles. The Morgan fingerprint density at radius 3 is 2.57 bits per heavy atom. The molecule has 4 atom stereocenters. The van der Waals surface area contributed by atoms with E-state index in [-0.39, 0.29) is 0 Å². The Kier molecular flexibility index (Phi) is 6.42.